The number of nitrogens with zero attached hydrogens (tertiary/aromatic N) is 3. The lowest BCUT2D eigenvalue weighted by atomic mass is 9.63. The maximum absolute atomic E-state index is 11.0. The van der Waals surface area contributed by atoms with Crippen molar-refractivity contribution in [3.05, 3.63) is 35.9 Å². The van der Waals surface area contributed by atoms with Gasteiger partial charge in [-0.3, -0.25) is 0 Å². The van der Waals surface area contributed by atoms with Crippen LogP contribution in [0.4, 0.5) is 4.79 Å². The van der Waals surface area contributed by atoms with E-state index >= 15 is 0 Å². The fourth-order valence-electron chi connectivity index (χ4n) is 5.58. The SMILES string of the molecule is CC1(C)[C@]2(/C=N/NC(N)=O)N=N[C@@]1(c1ccccc1)[C@H]1CCC[C@H]12. The number of benzene rings is 1. The Hall–Kier alpha value is -2.24. The first-order chi connectivity index (χ1) is 11.5. The predicted molar refractivity (Wildman–Crippen MR) is 91.5 cm³/mol. The number of azo groups is 1. The summed E-state index contributed by atoms with van der Waals surface area (Å²) in [5, 5.41) is 13.7. The molecule has 4 atom stereocenters. The molecule has 6 nitrogen and oxygen atoms in total. The van der Waals surface area contributed by atoms with E-state index in [1.807, 2.05) is 6.07 Å². The molecule has 3 aliphatic rings. The zero-order chi connectivity index (χ0) is 17.0. The van der Waals surface area contributed by atoms with E-state index in [0.29, 0.717) is 11.8 Å². The molecule has 126 valence electrons. The first-order valence-electron chi connectivity index (χ1n) is 8.55. The highest BCUT2D eigenvalue weighted by molar-refractivity contribution is 5.78. The lowest BCUT2D eigenvalue weighted by Gasteiger charge is -2.40. The molecule has 1 aromatic carbocycles. The molecular weight excluding hydrogens is 302 g/mol. The number of carbonyl (C=O) groups is 1. The zero-order valence-corrected chi connectivity index (χ0v) is 14.1. The third-order valence-corrected chi connectivity index (χ3v) is 6.60. The summed E-state index contributed by atoms with van der Waals surface area (Å²) in [4.78, 5) is 11.0. The monoisotopic (exact) mass is 325 g/mol. The summed E-state index contributed by atoms with van der Waals surface area (Å²) in [5.74, 6) is 0.844. The molecule has 2 fully saturated rings. The van der Waals surface area contributed by atoms with Gasteiger partial charge in [-0.2, -0.15) is 15.3 Å². The highest BCUT2D eigenvalue weighted by atomic mass is 16.2. The van der Waals surface area contributed by atoms with Crippen molar-refractivity contribution >= 4 is 12.2 Å². The van der Waals surface area contributed by atoms with Gasteiger partial charge in [-0.05, 0) is 30.2 Å². The molecule has 2 amide bonds. The molecule has 1 heterocycles. The molecule has 2 aliphatic carbocycles. The fraction of sp³-hybridized carbons (Fsp3) is 0.556. The van der Waals surface area contributed by atoms with Crippen LogP contribution in [0.3, 0.4) is 0 Å². The van der Waals surface area contributed by atoms with Gasteiger partial charge in [-0.1, -0.05) is 50.6 Å². The van der Waals surface area contributed by atoms with Gasteiger partial charge in [0.1, 0.15) is 11.1 Å². The predicted octanol–water partition coefficient (Wildman–Crippen LogP) is 3.20. The van der Waals surface area contributed by atoms with E-state index in [9.17, 15) is 4.79 Å². The number of hydrazone groups is 1. The summed E-state index contributed by atoms with van der Waals surface area (Å²) >= 11 is 0. The molecule has 0 saturated heterocycles. The first kappa shape index (κ1) is 15.3. The van der Waals surface area contributed by atoms with E-state index in [4.69, 9.17) is 16.0 Å². The van der Waals surface area contributed by atoms with Crippen LogP contribution in [0.5, 0.6) is 0 Å². The van der Waals surface area contributed by atoms with Gasteiger partial charge in [-0.15, -0.1) is 0 Å². The smallest absolute Gasteiger partial charge is 0.332 e. The number of amides is 2. The van der Waals surface area contributed by atoms with Crippen LogP contribution >= 0.6 is 0 Å². The van der Waals surface area contributed by atoms with Crippen molar-refractivity contribution in [1.29, 1.82) is 0 Å². The zero-order valence-electron chi connectivity index (χ0n) is 14.1. The topological polar surface area (TPSA) is 92.2 Å². The molecule has 1 aromatic rings. The van der Waals surface area contributed by atoms with Crippen LogP contribution < -0.4 is 11.2 Å². The van der Waals surface area contributed by atoms with Crippen molar-refractivity contribution in [2.45, 2.75) is 44.2 Å². The number of hydrogen-bond acceptors (Lipinski definition) is 4. The van der Waals surface area contributed by atoms with Gasteiger partial charge in [0.05, 0.1) is 6.21 Å². The van der Waals surface area contributed by atoms with E-state index in [1.54, 1.807) is 6.21 Å². The largest absolute Gasteiger partial charge is 0.350 e. The number of urea groups is 1. The highest BCUT2D eigenvalue weighted by Crippen LogP contribution is 2.73. The Labute approximate surface area is 141 Å². The third-order valence-electron chi connectivity index (χ3n) is 6.60. The summed E-state index contributed by atoms with van der Waals surface area (Å²) in [7, 11) is 0. The average Bonchev–Trinajstić information content (AvgIpc) is 3.16. The molecule has 1 aliphatic heterocycles. The van der Waals surface area contributed by atoms with Crippen molar-refractivity contribution in [3.63, 3.8) is 0 Å². The Morgan fingerprint density at radius 3 is 2.67 bits per heavy atom. The van der Waals surface area contributed by atoms with Gasteiger partial charge in [0.2, 0.25) is 0 Å². The van der Waals surface area contributed by atoms with Crippen LogP contribution in [0, 0.1) is 17.3 Å². The summed E-state index contributed by atoms with van der Waals surface area (Å²) in [6.45, 7) is 4.46. The lowest BCUT2D eigenvalue weighted by Crippen LogP contribution is -2.48. The standard InChI is InChI=1S/C18H23N5O/c1-16(2)17(11-20-21-15(19)24)13-9-6-10-14(13)18(16,23-22-17)12-7-4-3-5-8-12/h3-5,7-8,11,13-14H,6,9-10H2,1-2H3,(H3,19,21,24)/b20-11+/t13-,14+,17-,18+/m1/s1. The average molecular weight is 325 g/mol. The van der Waals surface area contributed by atoms with Crippen LogP contribution in [-0.4, -0.2) is 17.8 Å². The Kier molecular flexibility index (Phi) is 3.11. The molecular formula is C18H23N5O. The van der Waals surface area contributed by atoms with Gasteiger partial charge >= 0.3 is 6.03 Å². The normalized spacial score (nSPS) is 38.6. The fourth-order valence-corrected chi connectivity index (χ4v) is 5.58. The maximum Gasteiger partial charge on any atom is 0.332 e. The van der Waals surface area contributed by atoms with Crippen molar-refractivity contribution in [2.24, 2.45) is 38.3 Å². The van der Waals surface area contributed by atoms with Gasteiger partial charge in [0.15, 0.2) is 0 Å². The Morgan fingerprint density at radius 1 is 1.25 bits per heavy atom. The molecule has 3 N–H and O–H groups in total. The maximum atomic E-state index is 11.0. The van der Waals surface area contributed by atoms with Crippen LogP contribution in [0.1, 0.15) is 38.7 Å². The van der Waals surface area contributed by atoms with E-state index in [0.717, 1.165) is 12.8 Å². The minimum Gasteiger partial charge on any atom is -0.350 e. The van der Waals surface area contributed by atoms with Crippen LogP contribution in [-0.2, 0) is 5.54 Å². The Balaban J connectivity index is 1.85. The minimum atomic E-state index is -0.661. The van der Waals surface area contributed by atoms with Gasteiger partial charge in [-0.25, -0.2) is 10.2 Å². The summed E-state index contributed by atoms with van der Waals surface area (Å²) in [6.07, 6.45) is 5.23. The van der Waals surface area contributed by atoms with Crippen molar-refractivity contribution in [2.75, 3.05) is 0 Å². The van der Waals surface area contributed by atoms with Crippen molar-refractivity contribution in [3.8, 4) is 0 Å². The van der Waals surface area contributed by atoms with Gasteiger partial charge in [0.25, 0.3) is 0 Å². The molecule has 0 radical (unpaired) electrons. The molecule has 0 unspecified atom stereocenters. The van der Waals surface area contributed by atoms with Crippen molar-refractivity contribution < 1.29 is 4.79 Å². The van der Waals surface area contributed by atoms with Crippen molar-refractivity contribution in [1.82, 2.24) is 5.43 Å². The van der Waals surface area contributed by atoms with Crippen LogP contribution in [0.2, 0.25) is 0 Å². The van der Waals surface area contributed by atoms with Gasteiger partial charge in [0, 0.05) is 5.41 Å². The van der Waals surface area contributed by atoms with Crippen LogP contribution in [0.25, 0.3) is 0 Å². The lowest BCUT2D eigenvalue weighted by molar-refractivity contribution is 0.171. The van der Waals surface area contributed by atoms with E-state index in [2.05, 4.69) is 48.6 Å². The Bertz CT molecular complexity index is 728. The number of fused-ring (bicyclic) bond motifs is 5. The summed E-state index contributed by atoms with van der Waals surface area (Å²) in [5.41, 5.74) is 7.66. The molecule has 4 rings (SSSR count). The number of hydrogen-bond donors (Lipinski definition) is 2. The third kappa shape index (κ3) is 1.61. The molecule has 24 heavy (non-hydrogen) atoms. The number of primary amides is 1. The summed E-state index contributed by atoms with van der Waals surface area (Å²) in [6, 6.07) is 9.84. The second-order valence-electron chi connectivity index (χ2n) is 7.66. The minimum absolute atomic E-state index is 0.222. The van der Waals surface area contributed by atoms with E-state index < -0.39 is 11.6 Å². The molecule has 2 bridgehead atoms. The van der Waals surface area contributed by atoms with E-state index in [1.165, 1.54) is 12.0 Å². The molecule has 2 saturated carbocycles. The van der Waals surface area contributed by atoms with E-state index in [-0.39, 0.29) is 11.0 Å². The Morgan fingerprint density at radius 2 is 1.96 bits per heavy atom. The quantitative estimate of drug-likeness (QED) is 0.648. The van der Waals surface area contributed by atoms with Gasteiger partial charge < -0.3 is 5.73 Å². The molecule has 0 aromatic heterocycles. The second kappa shape index (κ2) is 4.88. The highest BCUT2D eigenvalue weighted by Gasteiger charge is 2.77. The molecule has 0 spiro atoms. The molecule has 6 heteroatoms. The summed E-state index contributed by atoms with van der Waals surface area (Å²) < 4.78 is 0. The number of nitrogens with two attached hydrogens (primary N) is 1. The van der Waals surface area contributed by atoms with Crippen LogP contribution in [0.15, 0.2) is 45.7 Å². The number of carbonyl (C=O) groups excluding carboxylic acids is 1. The number of rotatable bonds is 3. The second-order valence-corrected chi connectivity index (χ2v) is 7.66. The number of nitrogens with one attached hydrogen (secondary N) is 1. The first-order valence-corrected chi connectivity index (χ1v) is 8.55.